The summed E-state index contributed by atoms with van der Waals surface area (Å²) in [4.78, 5) is 14.3. The molecule has 4 rings (SSSR count). The van der Waals surface area contributed by atoms with E-state index < -0.39 is 11.7 Å². The summed E-state index contributed by atoms with van der Waals surface area (Å²) in [6, 6.07) is 24.9. The van der Waals surface area contributed by atoms with Crippen LogP contribution in [0.25, 0.3) is 10.8 Å². The molecule has 3 atom stereocenters. The van der Waals surface area contributed by atoms with E-state index in [9.17, 15) is 4.79 Å². The van der Waals surface area contributed by atoms with Crippen molar-refractivity contribution < 1.29 is 14.3 Å². The Morgan fingerprint density at radius 1 is 1.03 bits per heavy atom. The maximum Gasteiger partial charge on any atom is 0.411 e. The smallest absolute Gasteiger partial charge is 0.411 e. The zero-order valence-corrected chi connectivity index (χ0v) is 17.1. The van der Waals surface area contributed by atoms with Gasteiger partial charge >= 0.3 is 6.09 Å². The molecule has 3 aromatic rings. The Morgan fingerprint density at radius 3 is 2.52 bits per heavy atom. The Bertz CT molecular complexity index is 976. The van der Waals surface area contributed by atoms with E-state index in [0.717, 1.165) is 11.1 Å². The quantitative estimate of drug-likeness (QED) is 0.519. The Hall–Kier alpha value is -2.56. The number of carbonyl (C=O) groups excluding carboxylic acids is 1. The van der Waals surface area contributed by atoms with E-state index >= 15 is 0 Å². The second-order valence-electron chi connectivity index (χ2n) is 7.29. The summed E-state index contributed by atoms with van der Waals surface area (Å²) >= 11 is 5.87. The van der Waals surface area contributed by atoms with Crippen molar-refractivity contribution in [2.75, 3.05) is 19.7 Å². The summed E-state index contributed by atoms with van der Waals surface area (Å²) in [5, 5.41) is 2.36. The molecule has 0 aliphatic carbocycles. The van der Waals surface area contributed by atoms with Crippen LogP contribution in [0.3, 0.4) is 0 Å². The highest BCUT2D eigenvalue weighted by atomic mass is 35.5. The lowest BCUT2D eigenvalue weighted by Gasteiger charge is -2.28. The maximum absolute atomic E-state index is 12.6. The minimum atomic E-state index is -0.671. The number of alkyl halides is 1. The molecule has 1 saturated heterocycles. The predicted molar refractivity (Wildman–Crippen MR) is 115 cm³/mol. The standard InChI is InChI=1S/C24H24ClNO3/c1-17(25)29-24(27)26-13-14-28-23(19-8-3-2-4-9-19)22(16-26)21-12-11-18-7-5-6-10-20(18)15-21/h2-12,15,17,22-23H,13-14,16H2,1H3/t17?,22-,23-/m0/s1. The van der Waals surface area contributed by atoms with Crippen molar-refractivity contribution in [3.63, 3.8) is 0 Å². The average Bonchev–Trinajstić information content (AvgIpc) is 2.97. The van der Waals surface area contributed by atoms with Gasteiger partial charge in [-0.05, 0) is 28.8 Å². The van der Waals surface area contributed by atoms with Crippen LogP contribution >= 0.6 is 11.6 Å². The number of rotatable bonds is 3. The van der Waals surface area contributed by atoms with Crippen molar-refractivity contribution in [1.29, 1.82) is 0 Å². The van der Waals surface area contributed by atoms with Crippen molar-refractivity contribution in [3.8, 4) is 0 Å². The van der Waals surface area contributed by atoms with Crippen LogP contribution in [0.2, 0.25) is 0 Å². The Kier molecular flexibility index (Phi) is 6.02. The molecule has 0 aromatic heterocycles. The molecule has 29 heavy (non-hydrogen) atoms. The van der Waals surface area contributed by atoms with Gasteiger partial charge in [-0.15, -0.1) is 0 Å². The maximum atomic E-state index is 12.6. The zero-order valence-electron chi connectivity index (χ0n) is 16.3. The van der Waals surface area contributed by atoms with Gasteiger partial charge in [-0.2, -0.15) is 0 Å². The first-order chi connectivity index (χ1) is 14.1. The van der Waals surface area contributed by atoms with E-state index in [1.54, 1.807) is 11.8 Å². The summed E-state index contributed by atoms with van der Waals surface area (Å²) in [6.45, 7) is 3.05. The minimum Gasteiger partial charge on any atom is -0.430 e. The van der Waals surface area contributed by atoms with Gasteiger partial charge in [0.2, 0.25) is 0 Å². The number of fused-ring (bicyclic) bond motifs is 1. The van der Waals surface area contributed by atoms with Crippen molar-refractivity contribution in [2.45, 2.75) is 24.5 Å². The first kappa shape index (κ1) is 19.7. The number of halogens is 1. The number of hydrogen-bond acceptors (Lipinski definition) is 3. The van der Waals surface area contributed by atoms with Crippen LogP contribution in [0.5, 0.6) is 0 Å². The van der Waals surface area contributed by atoms with E-state index in [1.165, 1.54) is 10.8 Å². The molecule has 1 aliphatic heterocycles. The second kappa shape index (κ2) is 8.85. The molecule has 150 valence electrons. The fourth-order valence-corrected chi connectivity index (χ4v) is 3.98. The highest BCUT2D eigenvalue weighted by Gasteiger charge is 2.33. The molecule has 0 saturated carbocycles. The number of carbonyl (C=O) groups is 1. The van der Waals surface area contributed by atoms with Crippen molar-refractivity contribution in [2.24, 2.45) is 0 Å². The molecule has 0 radical (unpaired) electrons. The van der Waals surface area contributed by atoms with E-state index in [2.05, 4.69) is 42.5 Å². The second-order valence-corrected chi connectivity index (χ2v) is 7.90. The van der Waals surface area contributed by atoms with Gasteiger partial charge in [0.1, 0.15) is 0 Å². The van der Waals surface area contributed by atoms with Gasteiger partial charge in [-0.3, -0.25) is 0 Å². The molecule has 3 aromatic carbocycles. The monoisotopic (exact) mass is 409 g/mol. The highest BCUT2D eigenvalue weighted by molar-refractivity contribution is 6.19. The number of ether oxygens (including phenoxy) is 2. The fraction of sp³-hybridized carbons (Fsp3) is 0.292. The number of benzene rings is 3. The summed E-state index contributed by atoms with van der Waals surface area (Å²) in [5.41, 5.74) is 1.57. The van der Waals surface area contributed by atoms with E-state index in [4.69, 9.17) is 21.1 Å². The van der Waals surface area contributed by atoms with Gasteiger partial charge in [0.05, 0.1) is 12.7 Å². The van der Waals surface area contributed by atoms with E-state index in [0.29, 0.717) is 19.7 Å². The van der Waals surface area contributed by atoms with Gasteiger partial charge in [0, 0.05) is 19.0 Å². The van der Waals surface area contributed by atoms with Crippen LogP contribution < -0.4 is 0 Å². The van der Waals surface area contributed by atoms with Crippen molar-refractivity contribution in [1.82, 2.24) is 4.90 Å². The van der Waals surface area contributed by atoms with Gasteiger partial charge in [0.25, 0.3) is 0 Å². The molecule has 1 fully saturated rings. The van der Waals surface area contributed by atoms with Gasteiger partial charge in [0.15, 0.2) is 5.56 Å². The van der Waals surface area contributed by atoms with Gasteiger partial charge in [-0.25, -0.2) is 4.79 Å². The normalized spacial score (nSPS) is 20.8. The molecule has 1 aliphatic rings. The molecule has 0 N–H and O–H groups in total. The molecule has 1 amide bonds. The van der Waals surface area contributed by atoms with Crippen LogP contribution in [-0.4, -0.2) is 36.3 Å². The third-order valence-electron chi connectivity index (χ3n) is 5.29. The molecule has 4 nitrogen and oxygen atoms in total. The number of nitrogens with zero attached hydrogens (tertiary/aromatic N) is 1. The first-order valence-corrected chi connectivity index (χ1v) is 10.3. The third-order valence-corrected chi connectivity index (χ3v) is 5.38. The van der Waals surface area contributed by atoms with Crippen molar-refractivity contribution in [3.05, 3.63) is 83.9 Å². The number of hydrogen-bond donors (Lipinski definition) is 0. The summed E-state index contributed by atoms with van der Waals surface area (Å²) in [6.07, 6.45) is -0.556. The van der Waals surface area contributed by atoms with Crippen LogP contribution in [0.4, 0.5) is 4.79 Å². The summed E-state index contributed by atoms with van der Waals surface area (Å²) < 4.78 is 11.5. The fourth-order valence-electron chi connectivity index (χ4n) is 3.90. The zero-order chi connectivity index (χ0) is 20.2. The first-order valence-electron chi connectivity index (χ1n) is 9.86. The summed E-state index contributed by atoms with van der Waals surface area (Å²) in [5.74, 6) is -0.0253. The Morgan fingerprint density at radius 2 is 1.76 bits per heavy atom. The lowest BCUT2D eigenvalue weighted by Crippen LogP contribution is -2.36. The Labute approximate surface area is 176 Å². The lowest BCUT2D eigenvalue weighted by atomic mass is 9.87. The molecule has 1 unspecified atom stereocenters. The van der Waals surface area contributed by atoms with E-state index in [1.807, 2.05) is 30.3 Å². The lowest BCUT2D eigenvalue weighted by molar-refractivity contribution is 0.0496. The molecule has 0 spiro atoms. The predicted octanol–water partition coefficient (Wildman–Crippen LogP) is 5.72. The largest absolute Gasteiger partial charge is 0.430 e. The van der Waals surface area contributed by atoms with Crippen LogP contribution in [0.15, 0.2) is 72.8 Å². The average molecular weight is 410 g/mol. The van der Waals surface area contributed by atoms with Crippen molar-refractivity contribution >= 4 is 28.5 Å². The highest BCUT2D eigenvalue weighted by Crippen LogP contribution is 2.37. The van der Waals surface area contributed by atoms with Crippen LogP contribution in [0, 0.1) is 0 Å². The van der Waals surface area contributed by atoms with E-state index in [-0.39, 0.29) is 12.0 Å². The van der Waals surface area contributed by atoms with Crippen LogP contribution in [0.1, 0.15) is 30.1 Å². The summed E-state index contributed by atoms with van der Waals surface area (Å²) in [7, 11) is 0. The topological polar surface area (TPSA) is 38.8 Å². The molecule has 1 heterocycles. The minimum absolute atomic E-state index is 0.0253. The molecular weight excluding hydrogens is 386 g/mol. The SMILES string of the molecule is CC(Cl)OC(=O)N1CCO[C@@H](c2ccccc2)[C@H](c2ccc3ccccc3c2)C1. The number of amides is 1. The molecular formula is C24H24ClNO3. The Balaban J connectivity index is 1.72. The molecule has 5 heteroatoms. The van der Waals surface area contributed by atoms with Gasteiger partial charge < -0.3 is 14.4 Å². The molecule has 0 bridgehead atoms. The van der Waals surface area contributed by atoms with Crippen LogP contribution in [-0.2, 0) is 9.47 Å². The van der Waals surface area contributed by atoms with Gasteiger partial charge in [-0.1, -0.05) is 84.4 Å². The third kappa shape index (κ3) is 4.55.